The number of thioether (sulfide) groups is 1. The van der Waals surface area contributed by atoms with Crippen LogP contribution in [-0.4, -0.2) is 16.8 Å². The zero-order valence-electron chi connectivity index (χ0n) is 11.1. The predicted octanol–water partition coefficient (Wildman–Crippen LogP) is 3.80. The molecule has 0 spiro atoms. The molecule has 0 radical (unpaired) electrons. The zero-order chi connectivity index (χ0) is 14.1. The number of aryl methyl sites for hydroxylation is 2. The van der Waals surface area contributed by atoms with Crippen LogP contribution in [0.3, 0.4) is 0 Å². The number of amides is 1. The Hall–Kier alpha value is -1.46. The first kappa shape index (κ1) is 13.5. The number of hydrogen-bond acceptors (Lipinski definition) is 4. The minimum absolute atomic E-state index is 0.0665. The van der Waals surface area contributed by atoms with Crippen LogP contribution in [0.2, 0.25) is 0 Å². The average Bonchev–Trinajstić information content (AvgIpc) is 2.86. The highest BCUT2D eigenvalue weighted by atomic mass is 32.2. The highest BCUT2D eigenvalue weighted by molar-refractivity contribution is 7.98. The van der Waals surface area contributed by atoms with Crippen LogP contribution in [0.4, 0.5) is 5.69 Å². The number of anilines is 1. The van der Waals surface area contributed by atoms with Gasteiger partial charge < -0.3 is 10.4 Å². The number of phenols is 1. The fraction of sp³-hybridized carbons (Fsp3) is 0.267. The lowest BCUT2D eigenvalue weighted by Crippen LogP contribution is -2.11. The van der Waals surface area contributed by atoms with Crippen molar-refractivity contribution in [2.75, 3.05) is 11.1 Å². The summed E-state index contributed by atoms with van der Waals surface area (Å²) in [5.74, 6) is 2.30. The van der Waals surface area contributed by atoms with E-state index in [0.717, 1.165) is 34.1 Å². The van der Waals surface area contributed by atoms with E-state index in [1.165, 1.54) is 10.4 Å². The summed E-state index contributed by atoms with van der Waals surface area (Å²) in [6.45, 7) is 1.87. The van der Waals surface area contributed by atoms with Crippen molar-refractivity contribution in [1.29, 1.82) is 0 Å². The summed E-state index contributed by atoms with van der Waals surface area (Å²) in [6, 6.07) is 6.97. The standard InChI is InChI=1S/C15H15NO2S2/c1-9-6-11(17)2-3-12(9)16-15(18)14-7-10-8-19-5-4-13(10)20-14/h2-3,6-7,17H,4-5,8H2,1H3,(H,16,18). The Bertz CT molecular complexity index is 640. The third-order valence-corrected chi connectivity index (χ3v) is 5.55. The maximum absolute atomic E-state index is 12.3. The summed E-state index contributed by atoms with van der Waals surface area (Å²) >= 11 is 3.51. The van der Waals surface area contributed by atoms with Gasteiger partial charge in [0.1, 0.15) is 5.75 Å². The first-order chi connectivity index (χ1) is 9.63. The number of hydrogen-bond donors (Lipinski definition) is 2. The van der Waals surface area contributed by atoms with E-state index < -0.39 is 0 Å². The molecule has 0 bridgehead atoms. The van der Waals surface area contributed by atoms with Crippen LogP contribution in [0.15, 0.2) is 24.3 Å². The van der Waals surface area contributed by atoms with E-state index in [9.17, 15) is 9.90 Å². The molecule has 1 aromatic carbocycles. The van der Waals surface area contributed by atoms with Crippen LogP contribution >= 0.6 is 23.1 Å². The van der Waals surface area contributed by atoms with Gasteiger partial charge in [0, 0.05) is 16.3 Å². The molecule has 1 aliphatic heterocycles. The normalized spacial score (nSPS) is 13.8. The smallest absolute Gasteiger partial charge is 0.265 e. The summed E-state index contributed by atoms with van der Waals surface area (Å²) in [5, 5.41) is 12.3. The molecule has 104 valence electrons. The lowest BCUT2D eigenvalue weighted by molar-refractivity contribution is 0.103. The quantitative estimate of drug-likeness (QED) is 0.830. The molecule has 1 amide bonds. The topological polar surface area (TPSA) is 49.3 Å². The Morgan fingerprint density at radius 1 is 1.35 bits per heavy atom. The molecule has 0 fully saturated rings. The summed E-state index contributed by atoms with van der Waals surface area (Å²) in [6.07, 6.45) is 1.07. The molecule has 2 heterocycles. The van der Waals surface area contributed by atoms with Crippen LogP contribution < -0.4 is 5.32 Å². The minimum atomic E-state index is -0.0665. The Labute approximate surface area is 126 Å². The van der Waals surface area contributed by atoms with Crippen LogP contribution in [0.5, 0.6) is 5.75 Å². The van der Waals surface area contributed by atoms with Crippen molar-refractivity contribution in [2.45, 2.75) is 19.1 Å². The van der Waals surface area contributed by atoms with Crippen molar-refractivity contribution in [3.8, 4) is 5.75 Å². The summed E-state index contributed by atoms with van der Waals surface area (Å²) in [4.78, 5) is 14.4. The lowest BCUT2D eigenvalue weighted by Gasteiger charge is -2.08. The van der Waals surface area contributed by atoms with Gasteiger partial charge in [-0.2, -0.15) is 11.8 Å². The van der Waals surface area contributed by atoms with Gasteiger partial charge in [-0.3, -0.25) is 4.79 Å². The van der Waals surface area contributed by atoms with Crippen molar-refractivity contribution >= 4 is 34.7 Å². The maximum Gasteiger partial charge on any atom is 0.265 e. The van der Waals surface area contributed by atoms with Crippen LogP contribution in [-0.2, 0) is 12.2 Å². The number of phenolic OH excluding ortho intramolecular Hbond substituents is 1. The van der Waals surface area contributed by atoms with Gasteiger partial charge in [0.15, 0.2) is 0 Å². The molecule has 20 heavy (non-hydrogen) atoms. The second-order valence-electron chi connectivity index (χ2n) is 4.81. The molecule has 1 aliphatic rings. The molecule has 2 aromatic rings. The number of thiophene rings is 1. The predicted molar refractivity (Wildman–Crippen MR) is 85.0 cm³/mol. The number of nitrogens with one attached hydrogen (secondary N) is 1. The highest BCUT2D eigenvalue weighted by Crippen LogP contribution is 2.32. The van der Waals surface area contributed by atoms with E-state index in [2.05, 4.69) is 5.32 Å². The van der Waals surface area contributed by atoms with E-state index >= 15 is 0 Å². The van der Waals surface area contributed by atoms with Gasteiger partial charge in [-0.15, -0.1) is 11.3 Å². The molecular formula is C15H15NO2S2. The number of benzene rings is 1. The number of fused-ring (bicyclic) bond motifs is 1. The van der Waals surface area contributed by atoms with E-state index in [-0.39, 0.29) is 11.7 Å². The SMILES string of the molecule is Cc1cc(O)ccc1NC(=O)c1cc2c(s1)CCSC2. The second kappa shape index (κ2) is 5.50. The van der Waals surface area contributed by atoms with Gasteiger partial charge in [0.2, 0.25) is 0 Å². The minimum Gasteiger partial charge on any atom is -0.508 e. The number of carbonyl (C=O) groups excluding carboxylic acids is 1. The van der Waals surface area contributed by atoms with Crippen LogP contribution in [0, 0.1) is 6.92 Å². The van der Waals surface area contributed by atoms with Crippen molar-refractivity contribution in [1.82, 2.24) is 0 Å². The van der Waals surface area contributed by atoms with E-state index in [0.29, 0.717) is 0 Å². The van der Waals surface area contributed by atoms with Crippen molar-refractivity contribution < 1.29 is 9.90 Å². The maximum atomic E-state index is 12.3. The molecule has 2 N–H and O–H groups in total. The third-order valence-electron chi connectivity index (χ3n) is 3.31. The van der Waals surface area contributed by atoms with Crippen molar-refractivity contribution in [2.24, 2.45) is 0 Å². The van der Waals surface area contributed by atoms with Gasteiger partial charge >= 0.3 is 0 Å². The van der Waals surface area contributed by atoms with Gasteiger partial charge in [-0.1, -0.05) is 0 Å². The van der Waals surface area contributed by atoms with Crippen molar-refractivity contribution in [3.63, 3.8) is 0 Å². The Morgan fingerprint density at radius 2 is 2.20 bits per heavy atom. The highest BCUT2D eigenvalue weighted by Gasteiger charge is 2.17. The van der Waals surface area contributed by atoms with E-state index in [1.807, 2.05) is 24.8 Å². The van der Waals surface area contributed by atoms with E-state index in [1.54, 1.807) is 29.5 Å². The summed E-state index contributed by atoms with van der Waals surface area (Å²) in [5.41, 5.74) is 2.91. The van der Waals surface area contributed by atoms with Gasteiger partial charge in [0.25, 0.3) is 5.91 Å². The monoisotopic (exact) mass is 305 g/mol. The molecule has 0 saturated carbocycles. The molecule has 0 saturated heterocycles. The second-order valence-corrected chi connectivity index (χ2v) is 7.06. The molecule has 3 nitrogen and oxygen atoms in total. The average molecular weight is 305 g/mol. The molecule has 5 heteroatoms. The van der Waals surface area contributed by atoms with Gasteiger partial charge in [-0.25, -0.2) is 0 Å². The lowest BCUT2D eigenvalue weighted by atomic mass is 10.2. The first-order valence-electron chi connectivity index (χ1n) is 6.44. The largest absolute Gasteiger partial charge is 0.508 e. The Morgan fingerprint density at radius 3 is 2.95 bits per heavy atom. The number of rotatable bonds is 2. The van der Waals surface area contributed by atoms with Crippen LogP contribution in [0.1, 0.15) is 25.7 Å². The number of aromatic hydroxyl groups is 1. The van der Waals surface area contributed by atoms with Gasteiger partial charge in [0.05, 0.1) is 4.88 Å². The third kappa shape index (κ3) is 2.69. The molecule has 0 aliphatic carbocycles. The Balaban J connectivity index is 1.80. The molecule has 0 atom stereocenters. The van der Waals surface area contributed by atoms with Crippen LogP contribution in [0.25, 0.3) is 0 Å². The molecule has 3 rings (SSSR count). The fourth-order valence-corrected chi connectivity index (χ4v) is 4.50. The fourth-order valence-electron chi connectivity index (χ4n) is 2.23. The van der Waals surface area contributed by atoms with Crippen molar-refractivity contribution in [3.05, 3.63) is 45.1 Å². The molecule has 0 unspecified atom stereocenters. The first-order valence-corrected chi connectivity index (χ1v) is 8.41. The zero-order valence-corrected chi connectivity index (χ0v) is 12.7. The summed E-state index contributed by atoms with van der Waals surface area (Å²) < 4.78 is 0. The Kier molecular flexibility index (Phi) is 3.72. The molecule has 1 aromatic heterocycles. The summed E-state index contributed by atoms with van der Waals surface area (Å²) in [7, 11) is 0. The van der Waals surface area contributed by atoms with Gasteiger partial charge in [-0.05, 0) is 54.5 Å². The number of carbonyl (C=O) groups is 1. The van der Waals surface area contributed by atoms with E-state index in [4.69, 9.17) is 0 Å². The molecular weight excluding hydrogens is 290 g/mol.